The molecule has 0 radical (unpaired) electrons. The van der Waals surface area contributed by atoms with E-state index in [1.165, 1.54) is 0 Å². The number of pyridine rings is 1. The highest BCUT2D eigenvalue weighted by atomic mass is 15.4. The lowest BCUT2D eigenvalue weighted by Gasteiger charge is -2.32. The summed E-state index contributed by atoms with van der Waals surface area (Å²) >= 11 is 0. The Kier molecular flexibility index (Phi) is 3.92. The maximum atomic E-state index is 4.62. The molecule has 0 amide bonds. The minimum absolute atomic E-state index is 0.668. The minimum atomic E-state index is 0.668. The highest BCUT2D eigenvalue weighted by Crippen LogP contribution is 2.24. The van der Waals surface area contributed by atoms with E-state index in [2.05, 4.69) is 42.3 Å². The second kappa shape index (κ2) is 6.37. The van der Waals surface area contributed by atoms with Gasteiger partial charge in [-0.15, -0.1) is 5.10 Å². The van der Waals surface area contributed by atoms with Gasteiger partial charge in [0.15, 0.2) is 5.82 Å². The van der Waals surface area contributed by atoms with Gasteiger partial charge in [0.1, 0.15) is 0 Å². The first kappa shape index (κ1) is 14.8. The molecule has 4 rings (SSSR count). The molecule has 2 aromatic heterocycles. The van der Waals surface area contributed by atoms with Crippen LogP contribution < -0.4 is 10.2 Å². The van der Waals surface area contributed by atoms with Gasteiger partial charge in [-0.3, -0.25) is 4.98 Å². The molecule has 0 spiro atoms. The first-order valence-corrected chi connectivity index (χ1v) is 8.03. The van der Waals surface area contributed by atoms with Gasteiger partial charge in [-0.2, -0.15) is 10.1 Å². The van der Waals surface area contributed by atoms with Crippen molar-refractivity contribution < 1.29 is 0 Å². The van der Waals surface area contributed by atoms with Gasteiger partial charge in [-0.1, -0.05) is 18.2 Å². The molecule has 1 aliphatic rings. The summed E-state index contributed by atoms with van der Waals surface area (Å²) in [5.41, 5.74) is 1.83. The molecule has 7 nitrogen and oxygen atoms in total. The SMILES string of the molecule is CN1CCN(c2nncc(Nc3cccc4cccnc34)n2)CC1. The summed E-state index contributed by atoms with van der Waals surface area (Å²) in [4.78, 5) is 13.5. The average molecular weight is 321 g/mol. The molecule has 1 N–H and O–H groups in total. The molecule has 7 heteroatoms. The molecule has 122 valence electrons. The number of rotatable bonds is 3. The predicted molar refractivity (Wildman–Crippen MR) is 94.6 cm³/mol. The van der Waals surface area contributed by atoms with Crippen molar-refractivity contribution in [1.82, 2.24) is 25.1 Å². The molecule has 24 heavy (non-hydrogen) atoms. The van der Waals surface area contributed by atoms with Crippen LogP contribution in [0.5, 0.6) is 0 Å². The molecule has 1 fully saturated rings. The number of hydrogen-bond acceptors (Lipinski definition) is 7. The van der Waals surface area contributed by atoms with Crippen LogP contribution in [0.3, 0.4) is 0 Å². The highest BCUT2D eigenvalue weighted by molar-refractivity contribution is 5.91. The van der Waals surface area contributed by atoms with Crippen LogP contribution in [0, 0.1) is 0 Å². The van der Waals surface area contributed by atoms with Crippen LogP contribution in [-0.4, -0.2) is 58.3 Å². The summed E-state index contributed by atoms with van der Waals surface area (Å²) in [6.07, 6.45) is 3.43. The van der Waals surface area contributed by atoms with Crippen LogP contribution in [0.2, 0.25) is 0 Å². The molecule has 1 aromatic carbocycles. The lowest BCUT2D eigenvalue weighted by molar-refractivity contribution is 0.311. The molecule has 0 saturated carbocycles. The van der Waals surface area contributed by atoms with Crippen LogP contribution in [0.25, 0.3) is 10.9 Å². The molecule has 1 aliphatic heterocycles. The lowest BCUT2D eigenvalue weighted by atomic mass is 10.2. The number of para-hydroxylation sites is 1. The topological polar surface area (TPSA) is 70.1 Å². The van der Waals surface area contributed by atoms with Gasteiger partial charge in [0, 0.05) is 37.8 Å². The third-order valence-corrected chi connectivity index (χ3v) is 4.23. The van der Waals surface area contributed by atoms with Crippen LogP contribution in [0.15, 0.2) is 42.7 Å². The zero-order valence-corrected chi connectivity index (χ0v) is 13.6. The lowest BCUT2D eigenvalue weighted by Crippen LogP contribution is -2.45. The Hall–Kier alpha value is -2.80. The predicted octanol–water partition coefficient (Wildman–Crippen LogP) is 1.92. The van der Waals surface area contributed by atoms with E-state index in [1.807, 2.05) is 30.3 Å². The Morgan fingerprint density at radius 3 is 2.75 bits per heavy atom. The van der Waals surface area contributed by atoms with Crippen molar-refractivity contribution >= 4 is 28.4 Å². The Morgan fingerprint density at radius 1 is 1.04 bits per heavy atom. The summed E-state index contributed by atoms with van der Waals surface area (Å²) < 4.78 is 0. The van der Waals surface area contributed by atoms with Gasteiger partial charge in [-0.05, 0) is 19.2 Å². The quantitative estimate of drug-likeness (QED) is 0.790. The maximum Gasteiger partial charge on any atom is 0.247 e. The summed E-state index contributed by atoms with van der Waals surface area (Å²) in [6.45, 7) is 3.84. The van der Waals surface area contributed by atoms with Crippen molar-refractivity contribution in [3.8, 4) is 0 Å². The number of piperazine rings is 1. The highest BCUT2D eigenvalue weighted by Gasteiger charge is 2.17. The van der Waals surface area contributed by atoms with Gasteiger partial charge in [0.25, 0.3) is 0 Å². The van der Waals surface area contributed by atoms with Crippen molar-refractivity contribution in [2.75, 3.05) is 43.4 Å². The van der Waals surface area contributed by atoms with Gasteiger partial charge in [0.05, 0.1) is 17.4 Å². The van der Waals surface area contributed by atoms with Crippen molar-refractivity contribution in [1.29, 1.82) is 0 Å². The molecule has 3 aromatic rings. The summed E-state index contributed by atoms with van der Waals surface area (Å²) in [7, 11) is 2.13. The number of nitrogens with zero attached hydrogens (tertiary/aromatic N) is 6. The fraction of sp³-hybridized carbons (Fsp3) is 0.294. The van der Waals surface area contributed by atoms with Crippen LogP contribution in [0.1, 0.15) is 0 Å². The Morgan fingerprint density at radius 2 is 1.88 bits per heavy atom. The first-order valence-electron chi connectivity index (χ1n) is 8.03. The van der Waals surface area contributed by atoms with E-state index in [4.69, 9.17) is 0 Å². The monoisotopic (exact) mass is 321 g/mol. The van der Waals surface area contributed by atoms with E-state index in [-0.39, 0.29) is 0 Å². The Balaban J connectivity index is 1.59. The van der Waals surface area contributed by atoms with Crippen molar-refractivity contribution in [2.24, 2.45) is 0 Å². The average Bonchev–Trinajstić information content (AvgIpc) is 2.63. The molecule has 0 aliphatic carbocycles. The van der Waals surface area contributed by atoms with Gasteiger partial charge in [0.2, 0.25) is 5.95 Å². The van der Waals surface area contributed by atoms with E-state index in [0.717, 1.165) is 42.8 Å². The fourth-order valence-corrected chi connectivity index (χ4v) is 2.84. The van der Waals surface area contributed by atoms with Gasteiger partial charge in [-0.25, -0.2) is 0 Å². The van der Waals surface area contributed by atoms with E-state index >= 15 is 0 Å². The zero-order valence-electron chi connectivity index (χ0n) is 13.6. The van der Waals surface area contributed by atoms with E-state index in [1.54, 1.807) is 12.4 Å². The minimum Gasteiger partial charge on any atom is -0.337 e. The normalized spacial score (nSPS) is 15.6. The van der Waals surface area contributed by atoms with Crippen LogP contribution in [0.4, 0.5) is 17.5 Å². The number of benzene rings is 1. The number of anilines is 3. The smallest absolute Gasteiger partial charge is 0.247 e. The number of likely N-dealkylation sites (N-methyl/N-ethyl adjacent to an activating group) is 1. The van der Waals surface area contributed by atoms with Crippen LogP contribution in [-0.2, 0) is 0 Å². The number of aromatic nitrogens is 4. The van der Waals surface area contributed by atoms with Crippen molar-refractivity contribution in [3.05, 3.63) is 42.7 Å². The number of nitrogens with one attached hydrogen (secondary N) is 1. The van der Waals surface area contributed by atoms with Gasteiger partial charge >= 0.3 is 0 Å². The summed E-state index contributed by atoms with van der Waals surface area (Å²) in [6, 6.07) is 10.0. The molecule has 0 unspecified atom stereocenters. The third-order valence-electron chi connectivity index (χ3n) is 4.23. The molecule has 1 saturated heterocycles. The number of fused-ring (bicyclic) bond motifs is 1. The zero-order chi connectivity index (χ0) is 16.4. The molecule has 0 atom stereocenters. The van der Waals surface area contributed by atoms with E-state index < -0.39 is 0 Å². The van der Waals surface area contributed by atoms with Crippen molar-refractivity contribution in [2.45, 2.75) is 0 Å². The second-order valence-electron chi connectivity index (χ2n) is 5.94. The third kappa shape index (κ3) is 2.98. The molecule has 3 heterocycles. The Labute approximate surface area is 140 Å². The van der Waals surface area contributed by atoms with E-state index in [9.17, 15) is 0 Å². The molecular formula is C17H19N7. The molecular weight excluding hydrogens is 302 g/mol. The largest absolute Gasteiger partial charge is 0.337 e. The Bertz CT molecular complexity index is 838. The van der Waals surface area contributed by atoms with Gasteiger partial charge < -0.3 is 15.1 Å². The first-order chi connectivity index (χ1) is 11.8. The standard InChI is InChI=1S/C17H19N7/c1-23-8-10-24(11-9-23)17-21-15(12-19-22-17)20-14-6-2-4-13-5-3-7-18-16(13)14/h2-7,12H,8-11H2,1H3,(H,20,21,22). The van der Waals surface area contributed by atoms with Crippen molar-refractivity contribution in [3.63, 3.8) is 0 Å². The maximum absolute atomic E-state index is 4.62. The van der Waals surface area contributed by atoms with E-state index in [0.29, 0.717) is 11.8 Å². The number of hydrogen-bond donors (Lipinski definition) is 1. The summed E-state index contributed by atoms with van der Waals surface area (Å²) in [5.74, 6) is 1.35. The molecule has 0 bridgehead atoms. The summed E-state index contributed by atoms with van der Waals surface area (Å²) in [5, 5.41) is 12.7. The fourth-order valence-electron chi connectivity index (χ4n) is 2.84. The second-order valence-corrected chi connectivity index (χ2v) is 5.94. The van der Waals surface area contributed by atoms with Crippen LogP contribution >= 0.6 is 0 Å².